The zero-order valence-corrected chi connectivity index (χ0v) is 9.29. The van der Waals surface area contributed by atoms with Crippen LogP contribution in [0.15, 0.2) is 6.20 Å². The number of hydrogen-bond acceptors (Lipinski definition) is 1. The summed E-state index contributed by atoms with van der Waals surface area (Å²) in [5.74, 6) is 1.84. The number of nitrogens with zero attached hydrogens (tertiary/aromatic N) is 2. The van der Waals surface area contributed by atoms with Crippen molar-refractivity contribution in [3.05, 3.63) is 17.7 Å². The fourth-order valence-corrected chi connectivity index (χ4v) is 2.28. The lowest BCUT2D eigenvalue weighted by Crippen LogP contribution is -2.11. The Labute approximate surface area is 86.3 Å². The summed E-state index contributed by atoms with van der Waals surface area (Å²) in [7, 11) is 0. The predicted octanol–water partition coefficient (Wildman–Crippen LogP) is 3.12. The lowest BCUT2D eigenvalue weighted by Gasteiger charge is -2.16. The summed E-state index contributed by atoms with van der Waals surface area (Å²) >= 11 is 0. The number of aryl methyl sites for hydroxylation is 1. The Hall–Kier alpha value is -0.790. The second-order valence-electron chi connectivity index (χ2n) is 4.58. The third-order valence-corrected chi connectivity index (χ3v) is 3.05. The van der Waals surface area contributed by atoms with Crippen molar-refractivity contribution >= 4 is 0 Å². The summed E-state index contributed by atoms with van der Waals surface area (Å²) in [6.45, 7) is 5.64. The van der Waals surface area contributed by atoms with Crippen LogP contribution in [0.3, 0.4) is 0 Å². The molecule has 2 rings (SSSR count). The van der Waals surface area contributed by atoms with Crippen LogP contribution < -0.4 is 0 Å². The maximum atomic E-state index is 4.54. The second-order valence-corrected chi connectivity index (χ2v) is 4.58. The summed E-state index contributed by atoms with van der Waals surface area (Å²) in [5.41, 5.74) is 1.45. The Bertz CT molecular complexity index is 299. The van der Waals surface area contributed by atoms with Crippen LogP contribution in [0.5, 0.6) is 0 Å². The molecule has 0 aliphatic carbocycles. The fourth-order valence-electron chi connectivity index (χ4n) is 2.28. The van der Waals surface area contributed by atoms with Gasteiger partial charge in [-0.05, 0) is 19.3 Å². The van der Waals surface area contributed by atoms with Gasteiger partial charge in [0.15, 0.2) is 0 Å². The first-order valence-corrected chi connectivity index (χ1v) is 5.83. The SMILES string of the molecule is CC(C)c1ncc2n1CCCCCC2. The highest BCUT2D eigenvalue weighted by Crippen LogP contribution is 2.20. The molecule has 14 heavy (non-hydrogen) atoms. The first-order chi connectivity index (χ1) is 6.79. The van der Waals surface area contributed by atoms with Gasteiger partial charge in [0.25, 0.3) is 0 Å². The van der Waals surface area contributed by atoms with Crippen LogP contribution in [-0.2, 0) is 13.0 Å². The van der Waals surface area contributed by atoms with Crippen LogP contribution in [0.1, 0.15) is 57.0 Å². The van der Waals surface area contributed by atoms with E-state index in [-0.39, 0.29) is 0 Å². The van der Waals surface area contributed by atoms with Crippen LogP contribution in [0.25, 0.3) is 0 Å². The largest absolute Gasteiger partial charge is 0.332 e. The zero-order valence-electron chi connectivity index (χ0n) is 9.29. The molecule has 1 aliphatic rings. The number of rotatable bonds is 1. The number of hydrogen-bond donors (Lipinski definition) is 0. The highest BCUT2D eigenvalue weighted by Gasteiger charge is 2.13. The van der Waals surface area contributed by atoms with E-state index in [4.69, 9.17) is 0 Å². The van der Waals surface area contributed by atoms with E-state index in [9.17, 15) is 0 Å². The summed E-state index contributed by atoms with van der Waals surface area (Å²) in [6.07, 6.45) is 8.74. The molecular formula is C12H20N2. The second kappa shape index (κ2) is 4.16. The van der Waals surface area contributed by atoms with Crippen LogP contribution >= 0.6 is 0 Å². The standard InChI is InChI=1S/C12H20N2/c1-10(2)12-13-9-11-7-5-3-4-6-8-14(11)12/h9-10H,3-8H2,1-2H3. The molecule has 78 valence electrons. The molecule has 0 spiro atoms. The summed E-state index contributed by atoms with van der Waals surface area (Å²) in [4.78, 5) is 4.54. The normalized spacial score (nSPS) is 17.6. The fraction of sp³-hybridized carbons (Fsp3) is 0.750. The lowest BCUT2D eigenvalue weighted by molar-refractivity contribution is 0.501. The van der Waals surface area contributed by atoms with Crippen molar-refractivity contribution < 1.29 is 0 Å². The Morgan fingerprint density at radius 1 is 1.21 bits per heavy atom. The van der Waals surface area contributed by atoms with Crippen molar-refractivity contribution in [3.63, 3.8) is 0 Å². The van der Waals surface area contributed by atoms with E-state index in [2.05, 4.69) is 29.6 Å². The predicted molar refractivity (Wildman–Crippen MR) is 58.5 cm³/mol. The number of imidazole rings is 1. The molecular weight excluding hydrogens is 172 g/mol. The molecule has 0 aromatic carbocycles. The maximum absolute atomic E-state index is 4.54. The smallest absolute Gasteiger partial charge is 0.111 e. The number of fused-ring (bicyclic) bond motifs is 1. The highest BCUT2D eigenvalue weighted by molar-refractivity contribution is 5.09. The molecule has 2 nitrogen and oxygen atoms in total. The molecule has 0 bridgehead atoms. The van der Waals surface area contributed by atoms with E-state index in [0.29, 0.717) is 5.92 Å². The van der Waals surface area contributed by atoms with E-state index in [0.717, 1.165) is 0 Å². The third kappa shape index (κ3) is 1.84. The number of aromatic nitrogens is 2. The molecule has 2 heteroatoms. The van der Waals surface area contributed by atoms with Gasteiger partial charge in [-0.1, -0.05) is 26.7 Å². The molecule has 1 aromatic rings. The van der Waals surface area contributed by atoms with Gasteiger partial charge in [-0.15, -0.1) is 0 Å². The Morgan fingerprint density at radius 3 is 2.79 bits per heavy atom. The molecule has 0 atom stereocenters. The van der Waals surface area contributed by atoms with Crippen molar-refractivity contribution in [2.24, 2.45) is 0 Å². The van der Waals surface area contributed by atoms with Gasteiger partial charge in [0.1, 0.15) is 5.82 Å². The highest BCUT2D eigenvalue weighted by atomic mass is 15.1. The first-order valence-electron chi connectivity index (χ1n) is 5.83. The summed E-state index contributed by atoms with van der Waals surface area (Å²) in [6, 6.07) is 0. The lowest BCUT2D eigenvalue weighted by atomic mass is 10.1. The average molecular weight is 192 g/mol. The van der Waals surface area contributed by atoms with Gasteiger partial charge in [-0.3, -0.25) is 0 Å². The van der Waals surface area contributed by atoms with Gasteiger partial charge in [0.2, 0.25) is 0 Å². The van der Waals surface area contributed by atoms with Gasteiger partial charge < -0.3 is 4.57 Å². The van der Waals surface area contributed by atoms with E-state index in [1.54, 1.807) is 0 Å². The van der Waals surface area contributed by atoms with Crippen LogP contribution in [0, 0.1) is 0 Å². The minimum absolute atomic E-state index is 0.558. The van der Waals surface area contributed by atoms with E-state index >= 15 is 0 Å². The molecule has 0 N–H and O–H groups in total. The van der Waals surface area contributed by atoms with E-state index in [1.165, 1.54) is 50.2 Å². The molecule has 0 saturated heterocycles. The van der Waals surface area contributed by atoms with Crippen molar-refractivity contribution in [1.82, 2.24) is 9.55 Å². The van der Waals surface area contributed by atoms with Crippen molar-refractivity contribution in [3.8, 4) is 0 Å². The van der Waals surface area contributed by atoms with Crippen LogP contribution in [-0.4, -0.2) is 9.55 Å². The Kier molecular flexibility index (Phi) is 2.90. The van der Waals surface area contributed by atoms with Crippen LogP contribution in [0.4, 0.5) is 0 Å². The molecule has 0 fully saturated rings. The maximum Gasteiger partial charge on any atom is 0.111 e. The summed E-state index contributed by atoms with van der Waals surface area (Å²) in [5, 5.41) is 0. The van der Waals surface area contributed by atoms with Crippen LogP contribution in [0.2, 0.25) is 0 Å². The molecule has 2 heterocycles. The van der Waals surface area contributed by atoms with Crippen molar-refractivity contribution in [2.75, 3.05) is 0 Å². The van der Waals surface area contributed by atoms with Gasteiger partial charge in [-0.2, -0.15) is 0 Å². The van der Waals surface area contributed by atoms with E-state index in [1.807, 2.05) is 0 Å². The molecule has 0 saturated carbocycles. The topological polar surface area (TPSA) is 17.8 Å². The van der Waals surface area contributed by atoms with E-state index < -0.39 is 0 Å². The van der Waals surface area contributed by atoms with Crippen molar-refractivity contribution in [2.45, 2.75) is 58.4 Å². The average Bonchev–Trinajstić information content (AvgIpc) is 2.47. The minimum atomic E-state index is 0.558. The molecule has 0 radical (unpaired) electrons. The monoisotopic (exact) mass is 192 g/mol. The molecule has 1 aliphatic heterocycles. The zero-order chi connectivity index (χ0) is 9.97. The van der Waals surface area contributed by atoms with Gasteiger partial charge >= 0.3 is 0 Å². The quantitative estimate of drug-likeness (QED) is 0.668. The first kappa shape index (κ1) is 9.75. The molecule has 0 amide bonds. The third-order valence-electron chi connectivity index (χ3n) is 3.05. The molecule has 1 aromatic heterocycles. The Morgan fingerprint density at radius 2 is 2.00 bits per heavy atom. The summed E-state index contributed by atoms with van der Waals surface area (Å²) < 4.78 is 2.45. The minimum Gasteiger partial charge on any atom is -0.332 e. The Balaban J connectivity index is 2.28. The van der Waals surface area contributed by atoms with Gasteiger partial charge in [0.05, 0.1) is 0 Å². The van der Waals surface area contributed by atoms with Gasteiger partial charge in [-0.25, -0.2) is 4.98 Å². The molecule has 0 unspecified atom stereocenters. The van der Waals surface area contributed by atoms with Crippen molar-refractivity contribution in [1.29, 1.82) is 0 Å². The van der Waals surface area contributed by atoms with Gasteiger partial charge in [0, 0.05) is 24.4 Å².